The normalized spacial score (nSPS) is 10.2. The summed E-state index contributed by atoms with van der Waals surface area (Å²) < 4.78 is 10.5. The van der Waals surface area contributed by atoms with Crippen molar-refractivity contribution in [2.24, 2.45) is 0 Å². The van der Waals surface area contributed by atoms with E-state index in [9.17, 15) is 9.59 Å². The summed E-state index contributed by atoms with van der Waals surface area (Å²) in [6.45, 7) is 2.02. The van der Waals surface area contributed by atoms with Crippen molar-refractivity contribution < 1.29 is 23.8 Å². The van der Waals surface area contributed by atoms with Crippen LogP contribution in [0.5, 0.6) is 5.75 Å². The second-order valence-electron chi connectivity index (χ2n) is 4.60. The molecule has 0 radical (unpaired) electrons. The third-order valence-corrected chi connectivity index (χ3v) is 3.04. The highest BCUT2D eigenvalue weighted by Crippen LogP contribution is 2.17. The Kier molecular flexibility index (Phi) is 5.19. The predicted molar refractivity (Wildman–Crippen MR) is 78.8 cm³/mol. The Morgan fingerprint density at radius 1 is 1.23 bits per heavy atom. The summed E-state index contributed by atoms with van der Waals surface area (Å²) in [5.41, 5.74) is 1.03. The lowest BCUT2D eigenvalue weighted by Crippen LogP contribution is -2.28. The Bertz CT molecular complexity index is 662. The molecule has 0 spiro atoms. The number of carboxylic acids is 1. The lowest BCUT2D eigenvalue weighted by Gasteiger charge is -2.10. The third-order valence-electron chi connectivity index (χ3n) is 3.04. The number of hydrogen-bond donors (Lipinski definition) is 2. The summed E-state index contributed by atoms with van der Waals surface area (Å²) in [4.78, 5) is 22.4. The molecule has 1 heterocycles. The Morgan fingerprint density at radius 2 is 2.00 bits per heavy atom. The molecular weight excluding hydrogens is 286 g/mol. The number of carbonyl (C=O) groups is 2. The number of para-hydroxylation sites is 1. The fraction of sp³-hybridized carbons (Fsp3) is 0.250. The molecule has 0 aliphatic heterocycles. The first kappa shape index (κ1) is 15.6. The number of aryl methyl sites for hydroxylation is 1. The molecule has 0 saturated heterocycles. The number of nitrogens with one attached hydrogen (secondary N) is 1. The average Bonchev–Trinajstić information content (AvgIpc) is 3.00. The van der Waals surface area contributed by atoms with E-state index in [1.807, 2.05) is 31.2 Å². The summed E-state index contributed by atoms with van der Waals surface area (Å²) in [6.07, 6.45) is 0.822. The van der Waals surface area contributed by atoms with Gasteiger partial charge in [-0.05, 0) is 30.2 Å². The van der Waals surface area contributed by atoms with Crippen molar-refractivity contribution in [3.8, 4) is 5.75 Å². The minimum atomic E-state index is -1.14. The topological polar surface area (TPSA) is 88.8 Å². The molecule has 116 valence electrons. The number of amides is 1. The van der Waals surface area contributed by atoms with E-state index in [4.69, 9.17) is 14.3 Å². The number of benzene rings is 1. The van der Waals surface area contributed by atoms with Gasteiger partial charge in [-0.3, -0.25) is 4.79 Å². The van der Waals surface area contributed by atoms with Gasteiger partial charge < -0.3 is 19.6 Å². The van der Waals surface area contributed by atoms with Gasteiger partial charge in [-0.15, -0.1) is 0 Å². The van der Waals surface area contributed by atoms with Crippen LogP contribution in [0.1, 0.15) is 28.8 Å². The van der Waals surface area contributed by atoms with E-state index in [-0.39, 0.29) is 24.8 Å². The van der Waals surface area contributed by atoms with Gasteiger partial charge in [-0.2, -0.15) is 0 Å². The number of carboxylic acid groups (broad SMARTS) is 1. The molecular formula is C16H17NO5. The van der Waals surface area contributed by atoms with Crippen LogP contribution in [0, 0.1) is 0 Å². The number of furan rings is 1. The zero-order valence-electron chi connectivity index (χ0n) is 12.2. The molecule has 2 N–H and O–H groups in total. The molecule has 2 rings (SSSR count). The second-order valence-corrected chi connectivity index (χ2v) is 4.60. The summed E-state index contributed by atoms with van der Waals surface area (Å²) in [6, 6.07) is 10.4. The zero-order valence-corrected chi connectivity index (χ0v) is 12.2. The molecule has 0 saturated carbocycles. The maximum Gasteiger partial charge on any atom is 0.371 e. The van der Waals surface area contributed by atoms with E-state index in [0.29, 0.717) is 11.5 Å². The molecule has 1 aromatic carbocycles. The van der Waals surface area contributed by atoms with Crippen molar-refractivity contribution in [3.05, 3.63) is 53.5 Å². The van der Waals surface area contributed by atoms with Gasteiger partial charge in [-0.1, -0.05) is 25.1 Å². The number of rotatable bonds is 7. The highest BCUT2D eigenvalue weighted by molar-refractivity contribution is 5.84. The van der Waals surface area contributed by atoms with Crippen molar-refractivity contribution in [1.29, 1.82) is 0 Å². The van der Waals surface area contributed by atoms with Crippen LogP contribution in [0.15, 0.2) is 40.8 Å². The fourth-order valence-corrected chi connectivity index (χ4v) is 1.90. The fourth-order valence-electron chi connectivity index (χ4n) is 1.90. The Morgan fingerprint density at radius 3 is 2.68 bits per heavy atom. The van der Waals surface area contributed by atoms with E-state index in [2.05, 4.69) is 5.32 Å². The largest absolute Gasteiger partial charge is 0.483 e. The van der Waals surface area contributed by atoms with Gasteiger partial charge in [0.2, 0.25) is 5.76 Å². The van der Waals surface area contributed by atoms with Crippen LogP contribution in [0.25, 0.3) is 0 Å². The second kappa shape index (κ2) is 7.31. The molecule has 6 heteroatoms. The number of aromatic carboxylic acids is 1. The van der Waals surface area contributed by atoms with Crippen molar-refractivity contribution in [3.63, 3.8) is 0 Å². The first-order valence-corrected chi connectivity index (χ1v) is 6.89. The van der Waals surface area contributed by atoms with Crippen LogP contribution in [0.3, 0.4) is 0 Å². The van der Waals surface area contributed by atoms with Gasteiger partial charge in [0.05, 0.1) is 6.54 Å². The van der Waals surface area contributed by atoms with Gasteiger partial charge >= 0.3 is 5.97 Å². The molecule has 22 heavy (non-hydrogen) atoms. The van der Waals surface area contributed by atoms with Gasteiger partial charge in [0.25, 0.3) is 5.91 Å². The van der Waals surface area contributed by atoms with E-state index in [1.165, 1.54) is 12.1 Å². The monoisotopic (exact) mass is 303 g/mol. The van der Waals surface area contributed by atoms with Crippen LogP contribution < -0.4 is 10.1 Å². The Hall–Kier alpha value is -2.76. The molecule has 0 unspecified atom stereocenters. The molecule has 0 bridgehead atoms. The average molecular weight is 303 g/mol. The van der Waals surface area contributed by atoms with Crippen molar-refractivity contribution in [2.75, 3.05) is 6.61 Å². The quantitative estimate of drug-likeness (QED) is 0.819. The third kappa shape index (κ3) is 4.12. The van der Waals surface area contributed by atoms with Gasteiger partial charge in [-0.25, -0.2) is 4.79 Å². The van der Waals surface area contributed by atoms with Crippen LogP contribution in [-0.2, 0) is 17.8 Å². The maximum atomic E-state index is 11.7. The molecule has 2 aromatic rings. The summed E-state index contributed by atoms with van der Waals surface area (Å²) in [5.74, 6) is -0.542. The highest BCUT2D eigenvalue weighted by Gasteiger charge is 2.10. The Balaban J connectivity index is 1.81. The summed E-state index contributed by atoms with van der Waals surface area (Å²) >= 11 is 0. The zero-order chi connectivity index (χ0) is 15.9. The van der Waals surface area contributed by atoms with E-state index in [0.717, 1.165) is 12.0 Å². The van der Waals surface area contributed by atoms with Crippen LogP contribution in [0.4, 0.5) is 0 Å². The molecule has 6 nitrogen and oxygen atoms in total. The lowest BCUT2D eigenvalue weighted by atomic mass is 10.1. The van der Waals surface area contributed by atoms with E-state index >= 15 is 0 Å². The Labute approximate surface area is 127 Å². The molecule has 0 aliphatic carbocycles. The maximum absolute atomic E-state index is 11.7. The van der Waals surface area contributed by atoms with Crippen LogP contribution in [-0.4, -0.2) is 23.6 Å². The molecule has 0 aliphatic rings. The minimum Gasteiger partial charge on any atom is -0.483 e. The van der Waals surface area contributed by atoms with Gasteiger partial charge in [0.15, 0.2) is 6.61 Å². The van der Waals surface area contributed by atoms with Gasteiger partial charge in [0.1, 0.15) is 11.5 Å². The van der Waals surface area contributed by atoms with Crippen molar-refractivity contribution >= 4 is 11.9 Å². The number of carbonyl (C=O) groups excluding carboxylic acids is 1. The first-order valence-electron chi connectivity index (χ1n) is 6.89. The molecule has 1 amide bonds. The SMILES string of the molecule is CCc1ccccc1OCC(=O)NCc1ccc(C(=O)O)o1. The smallest absolute Gasteiger partial charge is 0.371 e. The van der Waals surface area contributed by atoms with Crippen LogP contribution >= 0.6 is 0 Å². The number of ether oxygens (including phenoxy) is 1. The van der Waals surface area contributed by atoms with Crippen LogP contribution in [0.2, 0.25) is 0 Å². The van der Waals surface area contributed by atoms with Gasteiger partial charge in [0, 0.05) is 0 Å². The first-order chi connectivity index (χ1) is 10.6. The predicted octanol–water partition coefficient (Wildman–Crippen LogP) is 2.24. The number of hydrogen-bond acceptors (Lipinski definition) is 4. The van der Waals surface area contributed by atoms with Crippen molar-refractivity contribution in [2.45, 2.75) is 19.9 Å². The molecule has 0 atom stereocenters. The summed E-state index contributed by atoms with van der Waals surface area (Å²) in [7, 11) is 0. The van der Waals surface area contributed by atoms with Crippen molar-refractivity contribution in [1.82, 2.24) is 5.32 Å². The van der Waals surface area contributed by atoms with E-state index < -0.39 is 5.97 Å². The highest BCUT2D eigenvalue weighted by atomic mass is 16.5. The standard InChI is InChI=1S/C16H17NO5/c1-2-11-5-3-4-6-13(11)21-10-15(18)17-9-12-7-8-14(22-12)16(19)20/h3-8H,2,9-10H2,1H3,(H,17,18)(H,19,20). The minimum absolute atomic E-state index is 0.108. The lowest BCUT2D eigenvalue weighted by molar-refractivity contribution is -0.123. The van der Waals surface area contributed by atoms with E-state index in [1.54, 1.807) is 0 Å². The summed E-state index contributed by atoms with van der Waals surface area (Å²) in [5, 5.41) is 11.3. The molecule has 0 fully saturated rings. The molecule has 1 aromatic heterocycles.